The summed E-state index contributed by atoms with van der Waals surface area (Å²) in [6.45, 7) is 5.47. The Morgan fingerprint density at radius 3 is 2.65 bits per heavy atom. The van der Waals surface area contributed by atoms with E-state index >= 15 is 0 Å². The molecule has 0 bridgehead atoms. The largest absolute Gasteiger partial charge is 0.324 e. The number of nitrogens with zero attached hydrogens (tertiary/aromatic N) is 1. The fourth-order valence-corrected chi connectivity index (χ4v) is 1.94. The van der Waals surface area contributed by atoms with E-state index in [2.05, 4.69) is 60.4 Å². The van der Waals surface area contributed by atoms with Gasteiger partial charge in [0.05, 0.1) is 0 Å². The van der Waals surface area contributed by atoms with Gasteiger partial charge in [0.25, 0.3) is 0 Å². The number of benzene rings is 1. The predicted octanol–water partition coefficient (Wildman–Crippen LogP) is 3.54. The SMILES string of the molecule is CCCNC(C)c1cccc(-n2cccc2)c1. The van der Waals surface area contributed by atoms with Gasteiger partial charge in [-0.25, -0.2) is 0 Å². The van der Waals surface area contributed by atoms with Crippen molar-refractivity contribution < 1.29 is 0 Å². The second kappa shape index (κ2) is 5.69. The monoisotopic (exact) mass is 228 g/mol. The smallest absolute Gasteiger partial charge is 0.0452 e. The van der Waals surface area contributed by atoms with Gasteiger partial charge in [0, 0.05) is 24.1 Å². The molecule has 2 heteroatoms. The predicted molar refractivity (Wildman–Crippen MR) is 72.5 cm³/mol. The third-order valence-corrected chi connectivity index (χ3v) is 2.97. The van der Waals surface area contributed by atoms with E-state index in [-0.39, 0.29) is 0 Å². The van der Waals surface area contributed by atoms with Crippen LogP contribution in [-0.4, -0.2) is 11.1 Å². The molecule has 90 valence electrons. The van der Waals surface area contributed by atoms with Crippen LogP contribution in [0.15, 0.2) is 48.8 Å². The summed E-state index contributed by atoms with van der Waals surface area (Å²) in [7, 11) is 0. The molecule has 0 radical (unpaired) electrons. The Labute approximate surface area is 103 Å². The van der Waals surface area contributed by atoms with Gasteiger partial charge in [-0.2, -0.15) is 0 Å². The van der Waals surface area contributed by atoms with Gasteiger partial charge in [-0.15, -0.1) is 0 Å². The van der Waals surface area contributed by atoms with Gasteiger partial charge in [-0.1, -0.05) is 19.1 Å². The molecule has 2 nitrogen and oxygen atoms in total. The summed E-state index contributed by atoms with van der Waals surface area (Å²) in [5.41, 5.74) is 2.56. The van der Waals surface area contributed by atoms with Crippen LogP contribution in [-0.2, 0) is 0 Å². The lowest BCUT2D eigenvalue weighted by atomic mass is 10.1. The van der Waals surface area contributed by atoms with E-state index in [1.807, 2.05) is 12.1 Å². The Bertz CT molecular complexity index is 446. The molecular weight excluding hydrogens is 208 g/mol. The van der Waals surface area contributed by atoms with Crippen LogP contribution in [0.3, 0.4) is 0 Å². The molecule has 1 aromatic heterocycles. The molecule has 0 aliphatic heterocycles. The van der Waals surface area contributed by atoms with Crippen LogP contribution in [0.5, 0.6) is 0 Å². The molecule has 0 aliphatic carbocycles. The third kappa shape index (κ3) is 2.98. The molecule has 1 atom stereocenters. The maximum absolute atomic E-state index is 3.51. The maximum atomic E-state index is 3.51. The molecular formula is C15H20N2. The van der Waals surface area contributed by atoms with Gasteiger partial charge >= 0.3 is 0 Å². The van der Waals surface area contributed by atoms with E-state index in [1.54, 1.807) is 0 Å². The fourth-order valence-electron chi connectivity index (χ4n) is 1.94. The van der Waals surface area contributed by atoms with Gasteiger partial charge in [0.2, 0.25) is 0 Å². The number of aromatic nitrogens is 1. The van der Waals surface area contributed by atoms with Crippen LogP contribution in [0.1, 0.15) is 31.9 Å². The lowest BCUT2D eigenvalue weighted by Gasteiger charge is -2.15. The topological polar surface area (TPSA) is 17.0 Å². The summed E-state index contributed by atoms with van der Waals surface area (Å²) in [5.74, 6) is 0. The normalized spacial score (nSPS) is 12.6. The summed E-state index contributed by atoms with van der Waals surface area (Å²) in [5, 5.41) is 3.51. The van der Waals surface area contributed by atoms with Crippen LogP contribution in [0.25, 0.3) is 5.69 Å². The average Bonchev–Trinajstić information content (AvgIpc) is 2.90. The number of hydrogen-bond acceptors (Lipinski definition) is 1. The first-order chi connectivity index (χ1) is 8.31. The third-order valence-electron chi connectivity index (χ3n) is 2.97. The molecule has 0 aliphatic rings. The molecule has 1 N–H and O–H groups in total. The van der Waals surface area contributed by atoms with E-state index in [4.69, 9.17) is 0 Å². The lowest BCUT2D eigenvalue weighted by Crippen LogP contribution is -2.19. The molecule has 2 rings (SSSR count). The van der Waals surface area contributed by atoms with E-state index in [0.717, 1.165) is 6.54 Å². The van der Waals surface area contributed by atoms with Crippen molar-refractivity contribution in [1.29, 1.82) is 0 Å². The Morgan fingerprint density at radius 2 is 1.94 bits per heavy atom. The minimum absolute atomic E-state index is 0.408. The first kappa shape index (κ1) is 11.9. The van der Waals surface area contributed by atoms with Crippen molar-refractivity contribution in [2.45, 2.75) is 26.3 Å². The Kier molecular flexibility index (Phi) is 3.99. The first-order valence-electron chi connectivity index (χ1n) is 6.28. The Hall–Kier alpha value is -1.54. The molecule has 0 spiro atoms. The molecule has 0 fully saturated rings. The van der Waals surface area contributed by atoms with Gasteiger partial charge < -0.3 is 9.88 Å². The molecule has 1 unspecified atom stereocenters. The van der Waals surface area contributed by atoms with Crippen molar-refractivity contribution in [3.8, 4) is 5.69 Å². The Balaban J connectivity index is 2.17. The van der Waals surface area contributed by atoms with Crippen molar-refractivity contribution in [2.24, 2.45) is 0 Å². The van der Waals surface area contributed by atoms with Gasteiger partial charge in [0.1, 0.15) is 0 Å². The number of nitrogens with one attached hydrogen (secondary N) is 1. The van der Waals surface area contributed by atoms with Crippen LogP contribution in [0.2, 0.25) is 0 Å². The van der Waals surface area contributed by atoms with Crippen molar-refractivity contribution in [2.75, 3.05) is 6.54 Å². The summed E-state index contributed by atoms with van der Waals surface area (Å²) in [6, 6.07) is 13.2. The Morgan fingerprint density at radius 1 is 1.18 bits per heavy atom. The zero-order valence-electron chi connectivity index (χ0n) is 10.6. The van der Waals surface area contributed by atoms with Gasteiger partial charge in [-0.05, 0) is 49.7 Å². The van der Waals surface area contributed by atoms with E-state index < -0.39 is 0 Å². The standard InChI is InChI=1S/C15H20N2/c1-3-9-16-13(2)14-7-6-8-15(12-14)17-10-4-5-11-17/h4-8,10-13,16H,3,9H2,1-2H3. The molecule has 1 heterocycles. The average molecular weight is 228 g/mol. The lowest BCUT2D eigenvalue weighted by molar-refractivity contribution is 0.570. The second-order valence-electron chi connectivity index (χ2n) is 4.36. The molecule has 17 heavy (non-hydrogen) atoms. The highest BCUT2D eigenvalue weighted by Gasteiger charge is 2.04. The number of hydrogen-bond donors (Lipinski definition) is 1. The van der Waals surface area contributed by atoms with Crippen molar-refractivity contribution in [3.05, 3.63) is 54.4 Å². The number of rotatable bonds is 5. The zero-order chi connectivity index (χ0) is 12.1. The first-order valence-corrected chi connectivity index (χ1v) is 6.28. The summed E-state index contributed by atoms with van der Waals surface area (Å²) < 4.78 is 2.13. The highest BCUT2D eigenvalue weighted by Crippen LogP contribution is 2.16. The van der Waals surface area contributed by atoms with Gasteiger partial charge in [-0.3, -0.25) is 0 Å². The zero-order valence-corrected chi connectivity index (χ0v) is 10.6. The van der Waals surface area contributed by atoms with E-state index in [9.17, 15) is 0 Å². The van der Waals surface area contributed by atoms with Gasteiger partial charge in [0.15, 0.2) is 0 Å². The summed E-state index contributed by atoms with van der Waals surface area (Å²) >= 11 is 0. The molecule has 0 saturated heterocycles. The van der Waals surface area contributed by atoms with Crippen LogP contribution < -0.4 is 5.32 Å². The molecule has 0 amide bonds. The highest BCUT2D eigenvalue weighted by molar-refractivity contribution is 5.37. The van der Waals surface area contributed by atoms with Crippen molar-refractivity contribution >= 4 is 0 Å². The molecule has 2 aromatic rings. The quantitative estimate of drug-likeness (QED) is 0.828. The van der Waals surface area contributed by atoms with Crippen molar-refractivity contribution in [1.82, 2.24) is 9.88 Å². The molecule has 1 aromatic carbocycles. The molecule has 0 saturated carbocycles. The van der Waals surface area contributed by atoms with Crippen LogP contribution in [0.4, 0.5) is 0 Å². The van der Waals surface area contributed by atoms with E-state index in [1.165, 1.54) is 17.7 Å². The summed E-state index contributed by atoms with van der Waals surface area (Å²) in [4.78, 5) is 0. The van der Waals surface area contributed by atoms with Crippen LogP contribution >= 0.6 is 0 Å². The maximum Gasteiger partial charge on any atom is 0.0452 e. The van der Waals surface area contributed by atoms with Crippen LogP contribution in [0, 0.1) is 0 Å². The second-order valence-corrected chi connectivity index (χ2v) is 4.36. The van der Waals surface area contributed by atoms with E-state index in [0.29, 0.717) is 6.04 Å². The minimum atomic E-state index is 0.408. The summed E-state index contributed by atoms with van der Waals surface area (Å²) in [6.07, 6.45) is 5.31. The fraction of sp³-hybridized carbons (Fsp3) is 0.333. The van der Waals surface area contributed by atoms with Crippen molar-refractivity contribution in [3.63, 3.8) is 0 Å². The highest BCUT2D eigenvalue weighted by atomic mass is 14.9. The minimum Gasteiger partial charge on any atom is -0.324 e.